The first-order valence-electron chi connectivity index (χ1n) is 9.95. The first-order chi connectivity index (χ1) is 13.9. The number of aryl methyl sites for hydroxylation is 1. The van der Waals surface area contributed by atoms with Crippen LogP contribution in [0, 0.1) is 6.92 Å². The van der Waals surface area contributed by atoms with E-state index in [-0.39, 0.29) is 23.9 Å². The van der Waals surface area contributed by atoms with Crippen molar-refractivity contribution >= 4 is 27.5 Å². The molecule has 0 aromatic heterocycles. The van der Waals surface area contributed by atoms with E-state index in [2.05, 4.69) is 0 Å². The first-order valence-corrected chi connectivity index (χ1v) is 11.8. The van der Waals surface area contributed by atoms with Crippen molar-refractivity contribution in [3.05, 3.63) is 64.7 Å². The maximum atomic E-state index is 13.3. The highest BCUT2D eigenvalue weighted by Crippen LogP contribution is 2.21. The lowest BCUT2D eigenvalue weighted by molar-refractivity contribution is -0.131. The molecule has 0 bridgehead atoms. The molecule has 7 heteroatoms. The molecule has 2 aromatic rings. The number of hydrogen-bond acceptors (Lipinski definition) is 3. The van der Waals surface area contributed by atoms with E-state index in [1.165, 1.54) is 16.4 Å². The predicted molar refractivity (Wildman–Crippen MR) is 115 cm³/mol. The van der Waals surface area contributed by atoms with Crippen molar-refractivity contribution in [2.45, 2.75) is 44.0 Å². The highest BCUT2D eigenvalue weighted by atomic mass is 35.5. The van der Waals surface area contributed by atoms with Gasteiger partial charge < -0.3 is 4.90 Å². The van der Waals surface area contributed by atoms with Crippen molar-refractivity contribution in [1.29, 1.82) is 0 Å². The van der Waals surface area contributed by atoms with Gasteiger partial charge in [0.25, 0.3) is 0 Å². The van der Waals surface area contributed by atoms with Crippen LogP contribution < -0.4 is 0 Å². The maximum absolute atomic E-state index is 13.3. The van der Waals surface area contributed by atoms with E-state index in [9.17, 15) is 13.2 Å². The number of halogens is 1. The smallest absolute Gasteiger partial charge is 0.243 e. The summed E-state index contributed by atoms with van der Waals surface area (Å²) in [7, 11) is -3.84. The normalized spacial score (nSPS) is 15.3. The topological polar surface area (TPSA) is 57.7 Å². The van der Waals surface area contributed by atoms with E-state index in [1.54, 1.807) is 17.0 Å². The Morgan fingerprint density at radius 3 is 2.14 bits per heavy atom. The molecule has 0 radical (unpaired) electrons. The molecule has 0 saturated carbocycles. The third-order valence-corrected chi connectivity index (χ3v) is 7.26. The summed E-state index contributed by atoms with van der Waals surface area (Å²) in [4.78, 5) is 14.9. The van der Waals surface area contributed by atoms with Crippen LogP contribution in [-0.2, 0) is 21.4 Å². The zero-order valence-corrected chi connectivity index (χ0v) is 18.3. The van der Waals surface area contributed by atoms with Gasteiger partial charge in [0.15, 0.2) is 0 Å². The fourth-order valence-electron chi connectivity index (χ4n) is 3.45. The number of carbonyl (C=O) groups excluding carboxylic acids is 1. The van der Waals surface area contributed by atoms with Gasteiger partial charge in [-0.2, -0.15) is 4.31 Å². The van der Waals surface area contributed by atoms with Gasteiger partial charge in [0.2, 0.25) is 15.9 Å². The molecule has 0 aliphatic carbocycles. The minimum absolute atomic E-state index is 0.137. The van der Waals surface area contributed by atoms with Crippen molar-refractivity contribution in [1.82, 2.24) is 9.21 Å². The van der Waals surface area contributed by atoms with Crippen LogP contribution in [-0.4, -0.2) is 43.2 Å². The fraction of sp³-hybridized carbons (Fsp3) is 0.409. The van der Waals surface area contributed by atoms with E-state index in [0.29, 0.717) is 18.1 Å². The Bertz CT molecular complexity index is 920. The third-order valence-electron chi connectivity index (χ3n) is 5.20. The molecule has 1 aliphatic rings. The van der Waals surface area contributed by atoms with Crippen LogP contribution in [0.4, 0.5) is 0 Å². The maximum Gasteiger partial charge on any atom is 0.243 e. The standard InChI is InChI=1S/C22H27ClN2O3S/c1-18-6-8-19(9-7-18)16-25(17-22(26)24-14-4-2-3-5-15-24)29(27,28)21-12-10-20(23)11-13-21/h6-13H,2-5,14-17H2,1H3. The quantitative estimate of drug-likeness (QED) is 0.683. The van der Waals surface area contributed by atoms with Gasteiger partial charge in [-0.25, -0.2) is 8.42 Å². The van der Waals surface area contributed by atoms with Crippen LogP contribution in [0.15, 0.2) is 53.4 Å². The van der Waals surface area contributed by atoms with Gasteiger partial charge in [-0.15, -0.1) is 0 Å². The van der Waals surface area contributed by atoms with Crippen molar-refractivity contribution < 1.29 is 13.2 Å². The Kier molecular flexibility index (Phi) is 7.33. The average Bonchev–Trinajstić information content (AvgIpc) is 2.99. The van der Waals surface area contributed by atoms with Gasteiger partial charge in [0.1, 0.15) is 0 Å². The Balaban J connectivity index is 1.86. The summed E-state index contributed by atoms with van der Waals surface area (Å²) in [5.41, 5.74) is 1.94. The molecule has 29 heavy (non-hydrogen) atoms. The molecular formula is C22H27ClN2O3S. The Hall–Kier alpha value is -1.89. The molecule has 1 aliphatic heterocycles. The highest BCUT2D eigenvalue weighted by Gasteiger charge is 2.29. The number of hydrogen-bond donors (Lipinski definition) is 0. The Morgan fingerprint density at radius 1 is 0.966 bits per heavy atom. The van der Waals surface area contributed by atoms with Gasteiger partial charge in [-0.1, -0.05) is 54.3 Å². The molecule has 1 saturated heterocycles. The van der Waals surface area contributed by atoms with Gasteiger partial charge >= 0.3 is 0 Å². The predicted octanol–water partition coefficient (Wildman–Crippen LogP) is 4.24. The molecule has 2 aromatic carbocycles. The van der Waals surface area contributed by atoms with E-state index in [0.717, 1.165) is 36.8 Å². The summed E-state index contributed by atoms with van der Waals surface area (Å²) >= 11 is 5.92. The van der Waals surface area contributed by atoms with E-state index in [4.69, 9.17) is 11.6 Å². The minimum atomic E-state index is -3.84. The summed E-state index contributed by atoms with van der Waals surface area (Å²) in [5.74, 6) is -0.142. The largest absolute Gasteiger partial charge is 0.342 e. The molecule has 0 N–H and O–H groups in total. The number of rotatable bonds is 6. The lowest BCUT2D eigenvalue weighted by atomic mass is 10.1. The fourth-order valence-corrected chi connectivity index (χ4v) is 4.95. The number of benzene rings is 2. The molecule has 0 unspecified atom stereocenters. The van der Waals surface area contributed by atoms with Crippen LogP contribution in [0.1, 0.15) is 36.8 Å². The Morgan fingerprint density at radius 2 is 1.55 bits per heavy atom. The zero-order chi connectivity index (χ0) is 20.9. The van der Waals surface area contributed by atoms with Crippen LogP contribution >= 0.6 is 11.6 Å². The van der Waals surface area contributed by atoms with E-state index < -0.39 is 10.0 Å². The van der Waals surface area contributed by atoms with E-state index in [1.807, 2.05) is 31.2 Å². The minimum Gasteiger partial charge on any atom is -0.342 e. The number of nitrogens with zero attached hydrogens (tertiary/aromatic N) is 2. The summed E-state index contributed by atoms with van der Waals surface area (Å²) < 4.78 is 27.9. The van der Waals surface area contributed by atoms with Crippen LogP contribution in [0.3, 0.4) is 0 Å². The lowest BCUT2D eigenvalue weighted by Crippen LogP contribution is -2.43. The number of amides is 1. The molecule has 156 valence electrons. The first kappa shape index (κ1) is 21.8. The third kappa shape index (κ3) is 5.81. The van der Waals surface area contributed by atoms with Crippen LogP contribution in [0.2, 0.25) is 5.02 Å². The molecular weight excluding hydrogens is 408 g/mol. The number of carbonyl (C=O) groups is 1. The molecule has 3 rings (SSSR count). The van der Waals surface area contributed by atoms with E-state index >= 15 is 0 Å². The number of sulfonamides is 1. The lowest BCUT2D eigenvalue weighted by Gasteiger charge is -2.26. The van der Waals surface area contributed by atoms with Crippen molar-refractivity contribution in [2.24, 2.45) is 0 Å². The van der Waals surface area contributed by atoms with Gasteiger partial charge in [-0.3, -0.25) is 4.79 Å². The van der Waals surface area contributed by atoms with Crippen molar-refractivity contribution in [3.63, 3.8) is 0 Å². The van der Waals surface area contributed by atoms with Crippen LogP contribution in [0.25, 0.3) is 0 Å². The highest BCUT2D eigenvalue weighted by molar-refractivity contribution is 7.89. The monoisotopic (exact) mass is 434 g/mol. The average molecular weight is 435 g/mol. The van der Waals surface area contributed by atoms with Crippen molar-refractivity contribution in [2.75, 3.05) is 19.6 Å². The molecule has 0 spiro atoms. The summed E-state index contributed by atoms with van der Waals surface area (Å²) in [6.07, 6.45) is 4.15. The SMILES string of the molecule is Cc1ccc(CN(CC(=O)N2CCCCCC2)S(=O)(=O)c2ccc(Cl)cc2)cc1. The zero-order valence-electron chi connectivity index (χ0n) is 16.7. The second kappa shape index (κ2) is 9.74. The molecule has 1 amide bonds. The molecule has 1 fully saturated rings. The Labute approximate surface area is 178 Å². The molecule has 0 atom stereocenters. The second-order valence-electron chi connectivity index (χ2n) is 7.51. The van der Waals surface area contributed by atoms with Gasteiger partial charge in [0, 0.05) is 24.7 Å². The molecule has 1 heterocycles. The van der Waals surface area contributed by atoms with Crippen LogP contribution in [0.5, 0.6) is 0 Å². The van der Waals surface area contributed by atoms with Gasteiger partial charge in [0.05, 0.1) is 11.4 Å². The number of likely N-dealkylation sites (tertiary alicyclic amines) is 1. The summed E-state index contributed by atoms with van der Waals surface area (Å²) in [6.45, 7) is 3.34. The summed E-state index contributed by atoms with van der Waals surface area (Å²) in [5, 5.41) is 0.467. The second-order valence-corrected chi connectivity index (χ2v) is 9.88. The van der Waals surface area contributed by atoms with Gasteiger partial charge in [-0.05, 0) is 49.6 Å². The molecule has 5 nitrogen and oxygen atoms in total. The van der Waals surface area contributed by atoms with Crippen molar-refractivity contribution in [3.8, 4) is 0 Å². The summed E-state index contributed by atoms with van der Waals surface area (Å²) in [6, 6.07) is 13.8.